The van der Waals surface area contributed by atoms with E-state index in [9.17, 15) is 8.42 Å². The summed E-state index contributed by atoms with van der Waals surface area (Å²) >= 11 is 1.59. The van der Waals surface area contributed by atoms with Crippen LogP contribution in [0.15, 0.2) is 70.7 Å². The third-order valence-electron chi connectivity index (χ3n) is 3.48. The molecule has 1 unspecified atom stereocenters. The molecule has 0 aliphatic heterocycles. The van der Waals surface area contributed by atoms with Crippen molar-refractivity contribution in [3.05, 3.63) is 82.4 Å². The molecular weight excluding hydrogens is 330 g/mol. The highest BCUT2D eigenvalue weighted by atomic mass is 32.2. The Morgan fingerprint density at radius 3 is 2.52 bits per heavy atom. The van der Waals surface area contributed by atoms with Crippen LogP contribution in [0.1, 0.15) is 22.1 Å². The second-order valence-corrected chi connectivity index (χ2v) is 7.96. The molecule has 0 aliphatic carbocycles. The van der Waals surface area contributed by atoms with Crippen LogP contribution < -0.4 is 4.72 Å². The lowest BCUT2D eigenvalue weighted by molar-refractivity contribution is 0.483. The predicted octanol–water partition coefficient (Wildman–Crippen LogP) is 3.59. The second-order valence-electron chi connectivity index (χ2n) is 5.18. The van der Waals surface area contributed by atoms with Crippen LogP contribution in [0.2, 0.25) is 0 Å². The number of benzene rings is 1. The first kappa shape index (κ1) is 16.0. The van der Waals surface area contributed by atoms with Gasteiger partial charge in [0.15, 0.2) is 0 Å². The van der Waals surface area contributed by atoms with Crippen LogP contribution in [-0.2, 0) is 15.8 Å². The number of sulfonamides is 1. The Kier molecular flexibility index (Phi) is 4.95. The zero-order chi connectivity index (χ0) is 16.1. The molecule has 2 heterocycles. The monoisotopic (exact) mass is 347 g/mol. The molecule has 1 atom stereocenters. The summed E-state index contributed by atoms with van der Waals surface area (Å²) in [5.41, 5.74) is 0.769. The van der Waals surface area contributed by atoms with Gasteiger partial charge in [0.25, 0.3) is 0 Å². The summed E-state index contributed by atoms with van der Waals surface area (Å²) < 4.78 is 32.8. The molecule has 3 aromatic rings. The van der Waals surface area contributed by atoms with E-state index in [1.54, 1.807) is 17.6 Å². The molecule has 0 aliphatic rings. The molecule has 1 aromatic carbocycles. The minimum Gasteiger partial charge on any atom is -0.469 e. The summed E-state index contributed by atoms with van der Waals surface area (Å²) in [6.45, 7) is 0.281. The molecule has 0 spiro atoms. The maximum absolute atomic E-state index is 12.3. The lowest BCUT2D eigenvalue weighted by Gasteiger charge is -2.14. The first-order valence-corrected chi connectivity index (χ1v) is 9.75. The van der Waals surface area contributed by atoms with Crippen LogP contribution in [0.4, 0.5) is 0 Å². The van der Waals surface area contributed by atoms with E-state index in [-0.39, 0.29) is 18.2 Å². The van der Waals surface area contributed by atoms with Crippen LogP contribution in [0.3, 0.4) is 0 Å². The highest BCUT2D eigenvalue weighted by Crippen LogP contribution is 2.28. The molecule has 6 heteroatoms. The molecule has 4 nitrogen and oxygen atoms in total. The largest absolute Gasteiger partial charge is 0.469 e. The molecule has 0 amide bonds. The van der Waals surface area contributed by atoms with Gasteiger partial charge >= 0.3 is 0 Å². The number of furan rings is 1. The van der Waals surface area contributed by atoms with Gasteiger partial charge in [0.2, 0.25) is 10.0 Å². The predicted molar refractivity (Wildman–Crippen MR) is 91.9 cm³/mol. The fourth-order valence-corrected chi connectivity index (χ4v) is 4.36. The molecular formula is C17H17NO3S2. The maximum Gasteiger partial charge on any atom is 0.215 e. The number of rotatable bonds is 7. The summed E-state index contributed by atoms with van der Waals surface area (Å²) in [5.74, 6) is 0.619. The molecule has 3 rings (SSSR count). The van der Waals surface area contributed by atoms with Gasteiger partial charge in [-0.1, -0.05) is 36.4 Å². The SMILES string of the molecule is O=S(=O)(Cc1ccccc1)NCC(c1ccco1)c1cccs1. The second kappa shape index (κ2) is 7.12. The Morgan fingerprint density at radius 1 is 1.04 bits per heavy atom. The molecule has 0 bridgehead atoms. The Bertz CT molecular complexity index is 776. The van der Waals surface area contributed by atoms with Crippen molar-refractivity contribution in [1.29, 1.82) is 0 Å². The lowest BCUT2D eigenvalue weighted by atomic mass is 10.1. The van der Waals surface area contributed by atoms with Crippen molar-refractivity contribution in [2.75, 3.05) is 6.54 Å². The summed E-state index contributed by atoms with van der Waals surface area (Å²) in [4.78, 5) is 1.07. The van der Waals surface area contributed by atoms with Gasteiger partial charge in [-0.2, -0.15) is 0 Å². The van der Waals surface area contributed by atoms with E-state index in [2.05, 4.69) is 4.72 Å². The summed E-state index contributed by atoms with van der Waals surface area (Å²) in [6.07, 6.45) is 1.61. The summed E-state index contributed by atoms with van der Waals surface area (Å²) in [6, 6.07) is 16.8. The van der Waals surface area contributed by atoms with Gasteiger partial charge in [0, 0.05) is 11.4 Å². The molecule has 0 radical (unpaired) electrons. The van der Waals surface area contributed by atoms with Gasteiger partial charge in [-0.3, -0.25) is 0 Å². The van der Waals surface area contributed by atoms with Crippen LogP contribution in [0.25, 0.3) is 0 Å². The molecule has 23 heavy (non-hydrogen) atoms. The normalized spacial score (nSPS) is 13.0. The highest BCUT2D eigenvalue weighted by molar-refractivity contribution is 7.88. The van der Waals surface area contributed by atoms with Crippen LogP contribution in [-0.4, -0.2) is 15.0 Å². The zero-order valence-corrected chi connectivity index (χ0v) is 14.0. The van der Waals surface area contributed by atoms with Crippen molar-refractivity contribution in [1.82, 2.24) is 4.72 Å². The van der Waals surface area contributed by atoms with E-state index in [1.165, 1.54) is 0 Å². The molecule has 1 N–H and O–H groups in total. The smallest absolute Gasteiger partial charge is 0.215 e. The summed E-state index contributed by atoms with van der Waals surface area (Å²) in [7, 11) is -3.40. The minimum absolute atomic E-state index is 0.0246. The average molecular weight is 347 g/mol. The number of nitrogens with one attached hydrogen (secondary N) is 1. The minimum atomic E-state index is -3.40. The van der Waals surface area contributed by atoms with E-state index in [0.29, 0.717) is 0 Å². The standard InChI is InChI=1S/C17H17NO3S2/c19-23(20,13-14-6-2-1-3-7-14)18-12-15(16-8-4-10-21-16)17-9-5-11-22-17/h1-11,15,18H,12-13H2. The van der Waals surface area contributed by atoms with Crippen molar-refractivity contribution in [3.8, 4) is 0 Å². The molecule has 0 fully saturated rings. The van der Waals surface area contributed by atoms with Gasteiger partial charge in [0.05, 0.1) is 17.9 Å². The molecule has 0 saturated carbocycles. The van der Waals surface area contributed by atoms with Gasteiger partial charge in [-0.15, -0.1) is 11.3 Å². The highest BCUT2D eigenvalue weighted by Gasteiger charge is 2.21. The van der Waals surface area contributed by atoms with Crippen molar-refractivity contribution < 1.29 is 12.8 Å². The molecule has 2 aromatic heterocycles. The van der Waals surface area contributed by atoms with Crippen LogP contribution in [0.5, 0.6) is 0 Å². The van der Waals surface area contributed by atoms with Crippen molar-refractivity contribution in [2.24, 2.45) is 0 Å². The van der Waals surface area contributed by atoms with Crippen LogP contribution in [0, 0.1) is 0 Å². The van der Waals surface area contributed by atoms with Crippen molar-refractivity contribution >= 4 is 21.4 Å². The van der Waals surface area contributed by atoms with E-state index in [1.807, 2.05) is 60.0 Å². The van der Waals surface area contributed by atoms with Gasteiger partial charge < -0.3 is 4.42 Å². The van der Waals surface area contributed by atoms with E-state index < -0.39 is 10.0 Å². The van der Waals surface area contributed by atoms with Gasteiger partial charge in [0.1, 0.15) is 5.76 Å². The topological polar surface area (TPSA) is 59.3 Å². The van der Waals surface area contributed by atoms with Gasteiger partial charge in [-0.25, -0.2) is 13.1 Å². The van der Waals surface area contributed by atoms with E-state index in [0.717, 1.165) is 16.2 Å². The van der Waals surface area contributed by atoms with Crippen molar-refractivity contribution in [3.63, 3.8) is 0 Å². The third kappa shape index (κ3) is 4.31. The lowest BCUT2D eigenvalue weighted by Crippen LogP contribution is -2.29. The summed E-state index contributed by atoms with van der Waals surface area (Å²) in [5, 5.41) is 1.98. The average Bonchev–Trinajstić information content (AvgIpc) is 3.21. The number of hydrogen-bond donors (Lipinski definition) is 1. The Morgan fingerprint density at radius 2 is 1.87 bits per heavy atom. The number of hydrogen-bond acceptors (Lipinski definition) is 4. The first-order valence-electron chi connectivity index (χ1n) is 7.22. The zero-order valence-electron chi connectivity index (χ0n) is 12.4. The van der Waals surface area contributed by atoms with Crippen molar-refractivity contribution in [2.45, 2.75) is 11.7 Å². The Hall–Kier alpha value is -1.89. The van der Waals surface area contributed by atoms with E-state index in [4.69, 9.17) is 4.42 Å². The molecule has 120 valence electrons. The quantitative estimate of drug-likeness (QED) is 0.710. The first-order chi connectivity index (χ1) is 11.1. The Balaban J connectivity index is 1.71. The maximum atomic E-state index is 12.3. The number of thiophene rings is 1. The third-order valence-corrected chi connectivity index (χ3v) is 5.79. The van der Waals surface area contributed by atoms with E-state index >= 15 is 0 Å². The fourth-order valence-electron chi connectivity index (χ4n) is 2.38. The Labute approximate surface area is 139 Å². The molecule has 0 saturated heterocycles. The van der Waals surface area contributed by atoms with Gasteiger partial charge in [-0.05, 0) is 29.1 Å². The fraction of sp³-hybridized carbons (Fsp3) is 0.176. The van der Waals surface area contributed by atoms with Crippen LogP contribution >= 0.6 is 11.3 Å².